The zero-order valence-corrected chi connectivity index (χ0v) is 20.1. The van der Waals surface area contributed by atoms with E-state index in [-0.39, 0.29) is 30.5 Å². The van der Waals surface area contributed by atoms with Gasteiger partial charge in [0.2, 0.25) is 0 Å². The molecular weight excluding hydrogens is 414 g/mol. The third-order valence-corrected chi connectivity index (χ3v) is 5.49. The van der Waals surface area contributed by atoms with E-state index >= 15 is 0 Å². The van der Waals surface area contributed by atoms with Crippen LogP contribution in [-0.4, -0.2) is 67.5 Å². The molecule has 2 aliphatic heterocycles. The van der Waals surface area contributed by atoms with Crippen molar-refractivity contribution >= 4 is 11.9 Å². The highest BCUT2D eigenvalue weighted by molar-refractivity contribution is 5.81. The normalized spacial score (nSPS) is 20.4. The number of carbonyl (C=O) groups is 2. The lowest BCUT2D eigenvalue weighted by atomic mass is 9.95. The lowest BCUT2D eigenvalue weighted by Crippen LogP contribution is -2.43. The third kappa shape index (κ3) is 7.10. The second-order valence-corrected chi connectivity index (χ2v) is 9.16. The van der Waals surface area contributed by atoms with Gasteiger partial charge in [-0.3, -0.25) is 4.79 Å². The summed E-state index contributed by atoms with van der Waals surface area (Å²) in [6.07, 6.45) is 1.86. The molecule has 32 heavy (non-hydrogen) atoms. The molecule has 2 unspecified atom stereocenters. The van der Waals surface area contributed by atoms with Gasteiger partial charge in [0.05, 0.1) is 20.8 Å². The van der Waals surface area contributed by atoms with E-state index in [1.165, 1.54) is 0 Å². The summed E-state index contributed by atoms with van der Waals surface area (Å²) in [4.78, 5) is 24.8. The van der Waals surface area contributed by atoms with Gasteiger partial charge in [0.25, 0.3) is 0 Å². The van der Waals surface area contributed by atoms with Gasteiger partial charge in [-0.15, -0.1) is 0 Å². The molecule has 0 radical (unpaired) electrons. The van der Waals surface area contributed by atoms with Crippen molar-refractivity contribution < 1.29 is 33.6 Å². The summed E-state index contributed by atoms with van der Waals surface area (Å²) in [5.74, 6) is 1.82. The summed E-state index contributed by atoms with van der Waals surface area (Å²) in [5.41, 5.74) is 1.55. The molecule has 2 aliphatic rings. The van der Waals surface area contributed by atoms with Crippen molar-refractivity contribution in [3.8, 4) is 11.5 Å². The van der Waals surface area contributed by atoms with Crippen LogP contribution in [0.5, 0.6) is 11.5 Å². The van der Waals surface area contributed by atoms with Crippen LogP contribution in [0.3, 0.4) is 0 Å². The number of benzene rings is 1. The van der Waals surface area contributed by atoms with E-state index in [0.29, 0.717) is 19.6 Å². The van der Waals surface area contributed by atoms with E-state index in [4.69, 9.17) is 24.1 Å². The van der Waals surface area contributed by atoms with E-state index in [0.717, 1.165) is 42.0 Å². The smallest absolute Gasteiger partial charge is 0.410 e. The molecule has 2 heterocycles. The highest BCUT2D eigenvalue weighted by atomic mass is 16.6. The minimum atomic E-state index is -0.441. The number of ketones is 1. The molecule has 1 amide bonds. The van der Waals surface area contributed by atoms with E-state index in [1.807, 2.05) is 32.9 Å². The van der Waals surface area contributed by atoms with Crippen LogP contribution in [0.15, 0.2) is 12.1 Å². The molecule has 8 heteroatoms. The monoisotopic (exact) mass is 451 g/mol. The summed E-state index contributed by atoms with van der Waals surface area (Å²) < 4.78 is 21.4. The topological polar surface area (TPSA) is 94.5 Å². The molecule has 3 rings (SSSR count). The summed E-state index contributed by atoms with van der Waals surface area (Å²) in [7, 11) is 3.25. The molecule has 8 nitrogen and oxygen atoms in total. The first kappa shape index (κ1) is 25.9. The maximum atomic E-state index is 11.7. The van der Waals surface area contributed by atoms with Crippen molar-refractivity contribution in [2.24, 2.45) is 5.92 Å². The number of ether oxygens (including phenoxy) is 4. The average Bonchev–Trinajstić information content (AvgIpc) is 2.77. The Labute approximate surface area is 190 Å². The minimum Gasteiger partial charge on any atom is -0.496 e. The van der Waals surface area contributed by atoms with Crippen LogP contribution >= 0.6 is 0 Å². The number of fused-ring (bicyclic) bond motifs is 1. The fourth-order valence-electron chi connectivity index (χ4n) is 3.81. The van der Waals surface area contributed by atoms with Crippen LogP contribution in [0.1, 0.15) is 51.7 Å². The number of hydrogen-bond donors (Lipinski definition) is 1. The van der Waals surface area contributed by atoms with Gasteiger partial charge in [-0.05, 0) is 58.6 Å². The molecule has 1 aromatic rings. The van der Waals surface area contributed by atoms with Gasteiger partial charge < -0.3 is 29.0 Å². The summed E-state index contributed by atoms with van der Waals surface area (Å²) in [6, 6.07) is 3.72. The molecule has 0 bridgehead atoms. The van der Waals surface area contributed by atoms with Gasteiger partial charge in [0.15, 0.2) is 5.78 Å². The lowest BCUT2D eigenvalue weighted by Gasteiger charge is -2.33. The standard InChI is InChI=1S/C13H16O4.C11H21NO3/c1-8(14)13-6-9-10(7-17-13)12(16-3)5-4-11(9)15-2;1-11(2,3)15-10(14)12-6-4-5-9(7-12)8-13/h4-5,13H,6-7H2,1-3H3;9,13H,4-8H2,1-3H3. The SMILES string of the molecule is CC(C)(C)OC(=O)N1CCCC(CO)C1.COc1ccc(OC)c2c1COC(C(C)=O)C2. The first-order chi connectivity index (χ1) is 15.1. The second kappa shape index (κ2) is 11.5. The number of nitrogens with zero attached hydrogens (tertiary/aromatic N) is 1. The number of rotatable bonds is 4. The van der Waals surface area contributed by atoms with Crippen molar-refractivity contribution in [2.45, 2.75) is 65.3 Å². The highest BCUT2D eigenvalue weighted by Crippen LogP contribution is 2.35. The van der Waals surface area contributed by atoms with Crippen molar-refractivity contribution in [2.75, 3.05) is 33.9 Å². The Hall–Kier alpha value is -2.32. The molecular formula is C24H37NO7. The molecule has 0 spiro atoms. The maximum absolute atomic E-state index is 11.7. The van der Waals surface area contributed by atoms with Crippen LogP contribution in [0.4, 0.5) is 4.79 Å². The fraction of sp³-hybridized carbons (Fsp3) is 0.667. The Kier molecular flexibility index (Phi) is 9.33. The van der Waals surface area contributed by atoms with Gasteiger partial charge in [0.1, 0.15) is 23.2 Å². The van der Waals surface area contributed by atoms with Crippen molar-refractivity contribution in [3.63, 3.8) is 0 Å². The highest BCUT2D eigenvalue weighted by Gasteiger charge is 2.28. The third-order valence-electron chi connectivity index (χ3n) is 5.49. The van der Waals surface area contributed by atoms with Crippen LogP contribution in [0, 0.1) is 5.92 Å². The predicted molar refractivity (Wildman–Crippen MR) is 120 cm³/mol. The van der Waals surface area contributed by atoms with Gasteiger partial charge in [-0.25, -0.2) is 4.79 Å². The largest absolute Gasteiger partial charge is 0.496 e. The Morgan fingerprint density at radius 3 is 2.31 bits per heavy atom. The van der Waals surface area contributed by atoms with Gasteiger partial charge in [0, 0.05) is 37.2 Å². The van der Waals surface area contributed by atoms with Crippen LogP contribution in [-0.2, 0) is 27.3 Å². The number of amides is 1. The molecule has 180 valence electrons. The maximum Gasteiger partial charge on any atom is 0.410 e. The first-order valence-corrected chi connectivity index (χ1v) is 11.0. The number of Topliss-reactive ketones (excluding diaryl/α,β-unsaturated/α-hetero) is 1. The van der Waals surface area contributed by atoms with Crippen LogP contribution < -0.4 is 9.47 Å². The molecule has 0 saturated carbocycles. The zero-order chi connectivity index (χ0) is 23.9. The minimum absolute atomic E-state index is 0.0422. The van der Waals surface area contributed by atoms with E-state index in [9.17, 15) is 9.59 Å². The number of hydrogen-bond acceptors (Lipinski definition) is 7. The quantitative estimate of drug-likeness (QED) is 0.750. The molecule has 1 aromatic carbocycles. The van der Waals surface area contributed by atoms with Crippen molar-refractivity contribution in [3.05, 3.63) is 23.3 Å². The lowest BCUT2D eigenvalue weighted by molar-refractivity contribution is -0.130. The molecule has 1 fully saturated rings. The molecule has 2 atom stereocenters. The van der Waals surface area contributed by atoms with E-state index in [2.05, 4.69) is 0 Å². The Morgan fingerprint density at radius 1 is 1.16 bits per heavy atom. The number of piperidine rings is 1. The first-order valence-electron chi connectivity index (χ1n) is 11.0. The summed E-state index contributed by atoms with van der Waals surface area (Å²) in [6.45, 7) is 9.02. The van der Waals surface area contributed by atoms with Gasteiger partial charge in [-0.2, -0.15) is 0 Å². The fourth-order valence-corrected chi connectivity index (χ4v) is 3.81. The van der Waals surface area contributed by atoms with Crippen LogP contribution in [0.2, 0.25) is 0 Å². The van der Waals surface area contributed by atoms with E-state index in [1.54, 1.807) is 26.0 Å². The molecule has 0 aliphatic carbocycles. The number of likely N-dealkylation sites (tertiary alicyclic amines) is 1. The zero-order valence-electron chi connectivity index (χ0n) is 20.1. The molecule has 1 N–H and O–H groups in total. The molecule has 1 saturated heterocycles. The van der Waals surface area contributed by atoms with Gasteiger partial charge in [-0.1, -0.05) is 0 Å². The number of carbonyl (C=O) groups excluding carboxylic acids is 2. The van der Waals surface area contributed by atoms with E-state index < -0.39 is 5.60 Å². The van der Waals surface area contributed by atoms with Crippen molar-refractivity contribution in [1.82, 2.24) is 4.90 Å². The second-order valence-electron chi connectivity index (χ2n) is 9.16. The number of aliphatic hydroxyl groups is 1. The van der Waals surface area contributed by atoms with Gasteiger partial charge >= 0.3 is 6.09 Å². The van der Waals surface area contributed by atoms with Crippen LogP contribution in [0.25, 0.3) is 0 Å². The predicted octanol–water partition coefficient (Wildman–Crippen LogP) is 3.36. The number of methoxy groups -OCH3 is 2. The molecule has 0 aromatic heterocycles. The van der Waals surface area contributed by atoms with Crippen molar-refractivity contribution in [1.29, 1.82) is 0 Å². The Balaban J connectivity index is 0.000000229. The summed E-state index contributed by atoms with van der Waals surface area (Å²) in [5, 5.41) is 9.04. The Bertz CT molecular complexity index is 787. The average molecular weight is 452 g/mol. The number of aliphatic hydroxyl groups excluding tert-OH is 1. The Morgan fingerprint density at radius 2 is 1.78 bits per heavy atom. The summed E-state index contributed by atoms with van der Waals surface area (Å²) >= 11 is 0.